The van der Waals surface area contributed by atoms with Gasteiger partial charge in [-0.2, -0.15) is 4.98 Å². The number of H-pyrrole nitrogens is 1. The number of nitrogens with zero attached hydrogens (tertiary/aromatic N) is 3. The summed E-state index contributed by atoms with van der Waals surface area (Å²) in [7, 11) is 1.52. The van der Waals surface area contributed by atoms with E-state index < -0.39 is 11.6 Å². The Kier molecular flexibility index (Phi) is 4.70. The van der Waals surface area contributed by atoms with Crippen molar-refractivity contribution in [1.82, 2.24) is 24.8 Å². The van der Waals surface area contributed by atoms with Crippen LogP contribution in [0.5, 0.6) is 5.75 Å². The smallest absolute Gasteiger partial charge is 0.332 e. The van der Waals surface area contributed by atoms with Crippen LogP contribution in [0, 0.1) is 0 Å². The molecular formula is C18H21N7O3. The number of imidazole rings is 1. The Balaban J connectivity index is 1.85. The van der Waals surface area contributed by atoms with E-state index in [0.29, 0.717) is 24.0 Å². The number of carbonyl (C=O) groups excluding carboxylic acids is 1. The maximum absolute atomic E-state index is 12.7. The van der Waals surface area contributed by atoms with Crippen LogP contribution in [-0.2, 0) is 0 Å². The lowest BCUT2D eigenvalue weighted by Gasteiger charge is -2.13. The molecule has 0 radical (unpaired) electrons. The monoisotopic (exact) mass is 383 g/mol. The number of aromatic amines is 1. The summed E-state index contributed by atoms with van der Waals surface area (Å²) < 4.78 is 6.71. The van der Waals surface area contributed by atoms with Crippen molar-refractivity contribution in [2.75, 3.05) is 25.5 Å². The lowest BCUT2D eigenvalue weighted by molar-refractivity contribution is 0.0997. The molecule has 1 amide bonds. The molecule has 0 spiro atoms. The van der Waals surface area contributed by atoms with Gasteiger partial charge in [0.25, 0.3) is 5.91 Å². The average Bonchev–Trinajstić information content (AvgIpc) is 3.32. The van der Waals surface area contributed by atoms with Crippen LogP contribution in [0.2, 0.25) is 0 Å². The summed E-state index contributed by atoms with van der Waals surface area (Å²) in [5.41, 5.74) is 5.92. The number of anilines is 1. The fraction of sp³-hybridized carbons (Fsp3) is 0.333. The standard InChI is InChI=1S/C18H21N7O3/c1-28-12-7-3-2-6-11(12)25-16-14(23-18(25)27)13(15(19)26)22-17(24-16)21-9-10-5-4-8-20-10/h2-3,6-7,10,20H,4-5,8-9H2,1H3,(H2,19,26)(H,23,27)(H,21,22,24). The highest BCUT2D eigenvalue weighted by Gasteiger charge is 2.21. The first kappa shape index (κ1) is 18.0. The summed E-state index contributed by atoms with van der Waals surface area (Å²) in [6.07, 6.45) is 2.16. The maximum Gasteiger partial charge on any atom is 0.332 e. The van der Waals surface area contributed by atoms with Crippen LogP contribution in [-0.4, -0.2) is 51.7 Å². The Morgan fingerprint density at radius 3 is 2.93 bits per heavy atom. The highest BCUT2D eigenvalue weighted by molar-refractivity contribution is 6.02. The number of amides is 1. The number of methoxy groups -OCH3 is 1. The second-order valence-electron chi connectivity index (χ2n) is 6.57. The van der Waals surface area contributed by atoms with E-state index in [9.17, 15) is 9.59 Å². The van der Waals surface area contributed by atoms with E-state index in [2.05, 4.69) is 25.6 Å². The molecule has 28 heavy (non-hydrogen) atoms. The molecule has 3 aromatic rings. The van der Waals surface area contributed by atoms with Gasteiger partial charge in [0.2, 0.25) is 5.95 Å². The van der Waals surface area contributed by atoms with Crippen LogP contribution in [0.1, 0.15) is 23.3 Å². The van der Waals surface area contributed by atoms with Crippen LogP contribution >= 0.6 is 0 Å². The Hall–Kier alpha value is -3.40. The number of carbonyl (C=O) groups is 1. The topological polar surface area (TPSA) is 140 Å². The summed E-state index contributed by atoms with van der Waals surface area (Å²) >= 11 is 0. The fourth-order valence-electron chi connectivity index (χ4n) is 3.43. The number of benzene rings is 1. The maximum atomic E-state index is 12.7. The molecule has 0 saturated carbocycles. The molecule has 5 N–H and O–H groups in total. The van der Waals surface area contributed by atoms with Crippen LogP contribution in [0.25, 0.3) is 16.9 Å². The summed E-state index contributed by atoms with van der Waals surface area (Å²) in [5, 5.41) is 6.51. The number of aromatic nitrogens is 4. The number of rotatable bonds is 6. The van der Waals surface area contributed by atoms with Gasteiger partial charge >= 0.3 is 5.69 Å². The first-order chi connectivity index (χ1) is 13.6. The molecule has 2 aromatic heterocycles. The first-order valence-corrected chi connectivity index (χ1v) is 9.01. The summed E-state index contributed by atoms with van der Waals surface area (Å²) in [5.74, 6) is -0.0186. The lowest BCUT2D eigenvalue weighted by Crippen LogP contribution is -2.30. The van der Waals surface area contributed by atoms with E-state index in [1.807, 2.05) is 0 Å². The first-order valence-electron chi connectivity index (χ1n) is 9.01. The Bertz CT molecular complexity index is 1080. The molecule has 1 aliphatic heterocycles. The third-order valence-corrected chi connectivity index (χ3v) is 4.77. The van der Waals surface area contributed by atoms with Gasteiger partial charge in [0, 0.05) is 12.6 Å². The van der Waals surface area contributed by atoms with Crippen molar-refractivity contribution in [1.29, 1.82) is 0 Å². The normalized spacial score (nSPS) is 16.4. The van der Waals surface area contributed by atoms with Gasteiger partial charge in [0.15, 0.2) is 11.3 Å². The van der Waals surface area contributed by atoms with Gasteiger partial charge in [-0.05, 0) is 31.5 Å². The van der Waals surface area contributed by atoms with Gasteiger partial charge < -0.3 is 26.1 Å². The van der Waals surface area contributed by atoms with Crippen molar-refractivity contribution in [2.24, 2.45) is 5.73 Å². The number of primary amides is 1. The predicted molar refractivity (Wildman–Crippen MR) is 104 cm³/mol. The third kappa shape index (κ3) is 3.18. The zero-order valence-corrected chi connectivity index (χ0v) is 15.4. The van der Waals surface area contributed by atoms with Crippen LogP contribution in [0.15, 0.2) is 29.1 Å². The minimum Gasteiger partial charge on any atom is -0.495 e. The molecule has 1 unspecified atom stereocenters. The van der Waals surface area contributed by atoms with Gasteiger partial charge in [0.1, 0.15) is 11.3 Å². The molecule has 3 heterocycles. The highest BCUT2D eigenvalue weighted by Crippen LogP contribution is 2.25. The molecule has 0 bridgehead atoms. The minimum absolute atomic E-state index is 0.0439. The molecule has 10 heteroatoms. The molecule has 0 aliphatic carbocycles. The Morgan fingerprint density at radius 2 is 2.21 bits per heavy atom. The van der Waals surface area contributed by atoms with E-state index in [1.165, 1.54) is 11.7 Å². The van der Waals surface area contributed by atoms with Gasteiger partial charge in [-0.15, -0.1) is 0 Å². The Morgan fingerprint density at radius 1 is 1.39 bits per heavy atom. The molecular weight excluding hydrogens is 362 g/mol. The largest absolute Gasteiger partial charge is 0.495 e. The molecule has 10 nitrogen and oxygen atoms in total. The van der Waals surface area contributed by atoms with Gasteiger partial charge in [-0.25, -0.2) is 14.3 Å². The number of hydrogen-bond acceptors (Lipinski definition) is 7. The second kappa shape index (κ2) is 7.31. The van der Waals surface area contributed by atoms with E-state index >= 15 is 0 Å². The number of hydrogen-bond donors (Lipinski definition) is 4. The summed E-state index contributed by atoms with van der Waals surface area (Å²) in [6.45, 7) is 1.58. The van der Waals surface area contributed by atoms with E-state index in [4.69, 9.17) is 10.5 Å². The quantitative estimate of drug-likeness (QED) is 0.482. The Labute approximate surface area is 160 Å². The highest BCUT2D eigenvalue weighted by atomic mass is 16.5. The molecule has 1 fully saturated rings. The van der Waals surface area contributed by atoms with Crippen LogP contribution in [0.4, 0.5) is 5.95 Å². The van der Waals surface area contributed by atoms with Gasteiger partial charge in [-0.3, -0.25) is 4.79 Å². The summed E-state index contributed by atoms with van der Waals surface area (Å²) in [6, 6.07) is 7.35. The number of para-hydroxylation sites is 2. The molecule has 1 aromatic carbocycles. The number of nitrogens with one attached hydrogen (secondary N) is 3. The number of fused-ring (bicyclic) bond motifs is 1. The van der Waals surface area contributed by atoms with Crippen molar-refractivity contribution in [3.05, 3.63) is 40.4 Å². The van der Waals surface area contributed by atoms with Crippen LogP contribution < -0.4 is 26.8 Å². The fourth-order valence-corrected chi connectivity index (χ4v) is 3.43. The van der Waals surface area contributed by atoms with Gasteiger partial charge in [0.05, 0.1) is 12.8 Å². The van der Waals surface area contributed by atoms with E-state index in [1.54, 1.807) is 24.3 Å². The lowest BCUT2D eigenvalue weighted by atomic mass is 10.2. The molecule has 1 saturated heterocycles. The SMILES string of the molecule is COc1ccccc1-n1c(=O)[nH]c2c(C(N)=O)nc(NCC3CCCN3)nc21. The minimum atomic E-state index is -0.747. The van der Waals surface area contributed by atoms with E-state index in [0.717, 1.165) is 19.4 Å². The van der Waals surface area contributed by atoms with Crippen LogP contribution in [0.3, 0.4) is 0 Å². The number of ether oxygens (including phenoxy) is 1. The zero-order chi connectivity index (χ0) is 19.7. The van der Waals surface area contributed by atoms with E-state index in [-0.39, 0.29) is 22.8 Å². The predicted octanol–water partition coefficient (Wildman–Crippen LogP) is 0.380. The summed E-state index contributed by atoms with van der Waals surface area (Å²) in [4.78, 5) is 35.9. The molecule has 1 atom stereocenters. The van der Waals surface area contributed by atoms with Crippen molar-refractivity contribution >= 4 is 23.0 Å². The third-order valence-electron chi connectivity index (χ3n) is 4.77. The zero-order valence-electron chi connectivity index (χ0n) is 15.4. The molecule has 1 aliphatic rings. The van der Waals surface area contributed by atoms with Crippen molar-refractivity contribution in [3.63, 3.8) is 0 Å². The molecule has 4 rings (SSSR count). The van der Waals surface area contributed by atoms with Gasteiger partial charge in [-0.1, -0.05) is 12.1 Å². The van der Waals surface area contributed by atoms with Crippen molar-refractivity contribution < 1.29 is 9.53 Å². The second-order valence-corrected chi connectivity index (χ2v) is 6.57. The average molecular weight is 383 g/mol. The van der Waals surface area contributed by atoms with Crippen molar-refractivity contribution in [3.8, 4) is 11.4 Å². The van der Waals surface area contributed by atoms with Crippen molar-refractivity contribution in [2.45, 2.75) is 18.9 Å². The number of nitrogens with two attached hydrogens (primary N) is 1. The molecule has 146 valence electrons.